The molecule has 0 bridgehead atoms. The molecule has 0 unspecified atom stereocenters. The molecule has 1 aliphatic heterocycles. The van der Waals surface area contributed by atoms with Gasteiger partial charge in [0.15, 0.2) is 4.96 Å². The first-order valence-electron chi connectivity index (χ1n) is 7.35. The van der Waals surface area contributed by atoms with E-state index in [1.165, 1.54) is 11.3 Å². The molecule has 3 heterocycles. The maximum absolute atomic E-state index is 12.2. The summed E-state index contributed by atoms with van der Waals surface area (Å²) >= 11 is 1.48. The number of carbonyl (C=O) groups excluding carboxylic acids is 1. The average Bonchev–Trinajstić information content (AvgIpc) is 2.72. The molecule has 1 saturated heterocycles. The van der Waals surface area contributed by atoms with Gasteiger partial charge in [-0.05, 0) is 20.8 Å². The van der Waals surface area contributed by atoms with Crippen molar-refractivity contribution in [2.45, 2.75) is 39.3 Å². The van der Waals surface area contributed by atoms with Crippen molar-refractivity contribution in [3.8, 4) is 0 Å². The lowest BCUT2D eigenvalue weighted by Crippen LogP contribution is -2.44. The predicted octanol–water partition coefficient (Wildman–Crippen LogP) is 1.16. The molecule has 1 aliphatic rings. The van der Waals surface area contributed by atoms with Gasteiger partial charge in [0.1, 0.15) is 0 Å². The molecule has 1 fully saturated rings. The summed E-state index contributed by atoms with van der Waals surface area (Å²) in [7, 11) is 0. The van der Waals surface area contributed by atoms with Gasteiger partial charge in [0, 0.05) is 48.7 Å². The molecule has 118 valence electrons. The summed E-state index contributed by atoms with van der Waals surface area (Å²) in [5.74, 6) is 0.0739. The fourth-order valence-electron chi connectivity index (χ4n) is 2.87. The number of hydrogen-bond donors (Lipinski definition) is 1. The molecule has 2 aromatic rings. The number of rotatable bonds is 2. The molecule has 1 amide bonds. The topological polar surface area (TPSA) is 66.7 Å². The van der Waals surface area contributed by atoms with E-state index in [-0.39, 0.29) is 17.0 Å². The maximum Gasteiger partial charge on any atom is 0.259 e. The van der Waals surface area contributed by atoms with Crippen LogP contribution in [0.5, 0.6) is 0 Å². The van der Waals surface area contributed by atoms with Gasteiger partial charge in [-0.25, -0.2) is 4.98 Å². The van der Waals surface area contributed by atoms with Gasteiger partial charge in [0.25, 0.3) is 5.56 Å². The van der Waals surface area contributed by atoms with Crippen LogP contribution < -0.4 is 10.9 Å². The summed E-state index contributed by atoms with van der Waals surface area (Å²) in [5.41, 5.74) is 1.38. The summed E-state index contributed by atoms with van der Waals surface area (Å²) in [6.07, 6.45) is 0.451. The second-order valence-electron chi connectivity index (χ2n) is 6.34. The van der Waals surface area contributed by atoms with Crippen LogP contribution in [0.15, 0.2) is 16.2 Å². The van der Waals surface area contributed by atoms with Crippen LogP contribution in [0.4, 0.5) is 0 Å². The lowest BCUT2D eigenvalue weighted by atomic mass is 9.98. The summed E-state index contributed by atoms with van der Waals surface area (Å²) in [6.45, 7) is 7.97. The Kier molecular flexibility index (Phi) is 3.78. The molecular formula is C15H20N4O2S. The molecule has 3 rings (SSSR count). The van der Waals surface area contributed by atoms with Crippen molar-refractivity contribution in [2.24, 2.45) is 0 Å². The van der Waals surface area contributed by atoms with Crippen LogP contribution in [-0.2, 0) is 11.3 Å². The van der Waals surface area contributed by atoms with Crippen LogP contribution in [0.25, 0.3) is 4.96 Å². The Labute approximate surface area is 132 Å². The number of thiazole rings is 1. The Balaban J connectivity index is 1.92. The van der Waals surface area contributed by atoms with Crippen molar-refractivity contribution in [3.05, 3.63) is 33.2 Å². The van der Waals surface area contributed by atoms with Crippen molar-refractivity contribution in [2.75, 3.05) is 13.1 Å². The molecule has 0 spiro atoms. The number of nitrogens with zero attached hydrogens (tertiary/aromatic N) is 3. The first kappa shape index (κ1) is 15.2. The van der Waals surface area contributed by atoms with E-state index in [0.29, 0.717) is 19.5 Å². The Morgan fingerprint density at radius 3 is 2.95 bits per heavy atom. The van der Waals surface area contributed by atoms with Crippen LogP contribution in [0.3, 0.4) is 0 Å². The normalized spacial score (nSPS) is 19.1. The van der Waals surface area contributed by atoms with E-state index in [9.17, 15) is 9.59 Å². The lowest BCUT2D eigenvalue weighted by molar-refractivity contribution is -0.122. The standard InChI is InChI=1S/C15H20N4O2S/c1-10-9-22-14-17-11(6-13(21)19(10)14)8-18-5-4-16-12(20)7-15(18,2)3/h6,9H,4-5,7-8H2,1-3H3,(H,16,20). The zero-order chi connectivity index (χ0) is 15.9. The van der Waals surface area contributed by atoms with Gasteiger partial charge in [-0.15, -0.1) is 11.3 Å². The van der Waals surface area contributed by atoms with Crippen molar-refractivity contribution < 1.29 is 4.79 Å². The van der Waals surface area contributed by atoms with Gasteiger partial charge in [0.05, 0.1) is 5.69 Å². The van der Waals surface area contributed by atoms with Gasteiger partial charge in [-0.3, -0.25) is 18.9 Å². The number of fused-ring (bicyclic) bond motifs is 1. The minimum atomic E-state index is -0.251. The van der Waals surface area contributed by atoms with E-state index in [1.807, 2.05) is 12.3 Å². The van der Waals surface area contributed by atoms with Crippen LogP contribution in [0, 0.1) is 6.92 Å². The minimum Gasteiger partial charge on any atom is -0.355 e. The van der Waals surface area contributed by atoms with E-state index in [4.69, 9.17) is 0 Å². The molecular weight excluding hydrogens is 300 g/mol. The zero-order valence-corrected chi connectivity index (χ0v) is 13.9. The van der Waals surface area contributed by atoms with Crippen molar-refractivity contribution in [1.29, 1.82) is 0 Å². The van der Waals surface area contributed by atoms with Crippen LogP contribution in [0.1, 0.15) is 31.7 Å². The highest BCUT2D eigenvalue weighted by Crippen LogP contribution is 2.22. The van der Waals surface area contributed by atoms with Crippen molar-refractivity contribution in [1.82, 2.24) is 19.6 Å². The number of nitrogens with one attached hydrogen (secondary N) is 1. The highest BCUT2D eigenvalue weighted by molar-refractivity contribution is 7.15. The Hall–Kier alpha value is -1.73. The molecule has 1 N–H and O–H groups in total. The zero-order valence-electron chi connectivity index (χ0n) is 13.0. The summed E-state index contributed by atoms with van der Waals surface area (Å²) in [4.78, 5) is 31.5. The van der Waals surface area contributed by atoms with Crippen molar-refractivity contribution in [3.63, 3.8) is 0 Å². The first-order valence-corrected chi connectivity index (χ1v) is 8.23. The highest BCUT2D eigenvalue weighted by atomic mass is 32.1. The van der Waals surface area contributed by atoms with Crippen LogP contribution in [0.2, 0.25) is 0 Å². The predicted molar refractivity (Wildman–Crippen MR) is 86.2 cm³/mol. The molecule has 0 saturated carbocycles. The van der Waals surface area contributed by atoms with E-state index >= 15 is 0 Å². The van der Waals surface area contributed by atoms with Crippen LogP contribution >= 0.6 is 11.3 Å². The third kappa shape index (κ3) is 2.78. The Morgan fingerprint density at radius 1 is 1.41 bits per heavy atom. The van der Waals surface area contributed by atoms with Gasteiger partial charge in [-0.2, -0.15) is 0 Å². The lowest BCUT2D eigenvalue weighted by Gasteiger charge is -2.35. The van der Waals surface area contributed by atoms with Gasteiger partial charge in [-0.1, -0.05) is 0 Å². The third-order valence-electron chi connectivity index (χ3n) is 4.13. The van der Waals surface area contributed by atoms with Gasteiger partial charge < -0.3 is 5.32 Å². The Bertz CT molecular complexity index is 777. The number of hydrogen-bond acceptors (Lipinski definition) is 5. The molecule has 0 aliphatic carbocycles. The second-order valence-corrected chi connectivity index (χ2v) is 7.18. The average molecular weight is 320 g/mol. The van der Waals surface area contributed by atoms with Crippen molar-refractivity contribution >= 4 is 22.2 Å². The molecule has 0 radical (unpaired) electrons. The summed E-state index contributed by atoms with van der Waals surface area (Å²) in [6, 6.07) is 1.60. The molecule has 0 atom stereocenters. The highest BCUT2D eigenvalue weighted by Gasteiger charge is 2.32. The fourth-order valence-corrected chi connectivity index (χ4v) is 3.76. The molecule has 2 aromatic heterocycles. The van der Waals surface area contributed by atoms with E-state index in [1.54, 1.807) is 10.5 Å². The number of aromatic nitrogens is 2. The minimum absolute atomic E-state index is 0.0411. The quantitative estimate of drug-likeness (QED) is 0.902. The SMILES string of the molecule is Cc1csc2nc(CN3CCNC(=O)CC3(C)C)cc(=O)n12. The first-order chi connectivity index (χ1) is 10.4. The largest absolute Gasteiger partial charge is 0.355 e. The summed E-state index contributed by atoms with van der Waals surface area (Å²) in [5, 5.41) is 4.83. The molecule has 0 aromatic carbocycles. The van der Waals surface area contributed by atoms with E-state index in [0.717, 1.165) is 22.9 Å². The number of aryl methyl sites for hydroxylation is 1. The monoisotopic (exact) mass is 320 g/mol. The third-order valence-corrected chi connectivity index (χ3v) is 5.08. The fraction of sp³-hybridized carbons (Fsp3) is 0.533. The molecule has 7 heteroatoms. The summed E-state index contributed by atoms with van der Waals surface area (Å²) < 4.78 is 1.63. The van der Waals surface area contributed by atoms with Gasteiger partial charge >= 0.3 is 0 Å². The van der Waals surface area contributed by atoms with Gasteiger partial charge in [0.2, 0.25) is 5.91 Å². The smallest absolute Gasteiger partial charge is 0.259 e. The maximum atomic E-state index is 12.2. The Morgan fingerprint density at radius 2 is 2.18 bits per heavy atom. The van der Waals surface area contributed by atoms with E-state index in [2.05, 4.69) is 29.0 Å². The van der Waals surface area contributed by atoms with E-state index < -0.39 is 0 Å². The molecule has 22 heavy (non-hydrogen) atoms. The number of carbonyl (C=O) groups is 1. The second kappa shape index (κ2) is 5.48. The van der Waals surface area contributed by atoms with Crippen LogP contribution in [-0.4, -0.2) is 38.8 Å². The molecule has 6 nitrogen and oxygen atoms in total. The number of amides is 1.